The van der Waals surface area contributed by atoms with Gasteiger partial charge in [0, 0.05) is 0 Å². The summed E-state index contributed by atoms with van der Waals surface area (Å²) in [6.07, 6.45) is 0. The van der Waals surface area contributed by atoms with E-state index in [0.717, 1.165) is 15.9 Å². The maximum atomic E-state index is 12.9. The van der Waals surface area contributed by atoms with E-state index in [1.54, 1.807) is 6.92 Å². The summed E-state index contributed by atoms with van der Waals surface area (Å²) in [6, 6.07) is 30.7. The van der Waals surface area contributed by atoms with Crippen molar-refractivity contribution in [3.05, 3.63) is 91.0 Å². The first kappa shape index (κ1) is 19.4. The molecule has 0 saturated heterocycles. The molecule has 0 bridgehead atoms. The molecule has 0 unspecified atom stereocenters. The van der Waals surface area contributed by atoms with Crippen molar-refractivity contribution in [2.24, 2.45) is 0 Å². The fraction of sp³-hybridized carbons (Fsp3) is 0.0476. The average molecular weight is 438 g/mol. The first-order valence-corrected chi connectivity index (χ1v) is 10.8. The Morgan fingerprint density at radius 1 is 0.720 bits per heavy atom. The monoisotopic (exact) mass is 438 g/mol. The van der Waals surface area contributed by atoms with Crippen LogP contribution in [0.25, 0.3) is 0 Å². The van der Waals surface area contributed by atoms with Gasteiger partial charge in [0.15, 0.2) is 0 Å². The second-order valence-electron chi connectivity index (χ2n) is 5.48. The van der Waals surface area contributed by atoms with Gasteiger partial charge in [-0.3, -0.25) is 0 Å². The number of carbonyl (C=O) groups is 2. The molecule has 0 aliphatic carbocycles. The van der Waals surface area contributed by atoms with Crippen molar-refractivity contribution in [3.63, 3.8) is 0 Å². The van der Waals surface area contributed by atoms with Crippen molar-refractivity contribution < 1.29 is 27.9 Å². The van der Waals surface area contributed by atoms with Crippen LogP contribution < -0.4 is 15.9 Å². The van der Waals surface area contributed by atoms with E-state index < -0.39 is 7.26 Å². The van der Waals surface area contributed by atoms with Crippen LogP contribution in [0.4, 0.5) is 0 Å². The predicted octanol–water partition coefficient (Wildman–Crippen LogP) is 2.98. The van der Waals surface area contributed by atoms with Crippen LogP contribution in [0.5, 0.6) is 0 Å². The second kappa shape index (κ2) is 9.51. The second-order valence-corrected chi connectivity index (χ2v) is 9.81. The van der Waals surface area contributed by atoms with E-state index >= 15 is 0 Å². The molecule has 3 rings (SSSR count). The Kier molecular flexibility index (Phi) is 7.38. The first-order chi connectivity index (χ1) is 12.2. The van der Waals surface area contributed by atoms with Crippen molar-refractivity contribution >= 4 is 33.6 Å². The summed E-state index contributed by atoms with van der Waals surface area (Å²) in [4.78, 5) is 22.3. The van der Waals surface area contributed by atoms with Gasteiger partial charge in [-0.1, -0.05) is 0 Å². The van der Waals surface area contributed by atoms with E-state index in [4.69, 9.17) is 4.79 Å². The normalized spacial score (nSPS) is 11.0. The summed E-state index contributed by atoms with van der Waals surface area (Å²) in [5.74, 6) is 0. The van der Waals surface area contributed by atoms with Gasteiger partial charge in [0.05, 0.1) is 0 Å². The molecule has 0 atom stereocenters. The fourth-order valence-corrected chi connectivity index (χ4v) is 7.47. The molecule has 0 fully saturated rings. The van der Waals surface area contributed by atoms with Crippen LogP contribution in [-0.2, 0) is 27.9 Å². The Hall–Kier alpha value is -1.95. The molecular formula is C21H20O2PRh. The Bertz CT molecular complexity index is 708. The summed E-state index contributed by atoms with van der Waals surface area (Å²) in [6.45, 7) is 1.74. The van der Waals surface area contributed by atoms with Crippen molar-refractivity contribution in [1.29, 1.82) is 0 Å². The van der Waals surface area contributed by atoms with Gasteiger partial charge in [-0.25, -0.2) is 0 Å². The first-order valence-electron chi connectivity index (χ1n) is 7.86. The molecule has 0 aliphatic heterocycles. The van der Waals surface area contributed by atoms with Crippen molar-refractivity contribution in [3.8, 4) is 0 Å². The van der Waals surface area contributed by atoms with Gasteiger partial charge < -0.3 is 0 Å². The fourth-order valence-electron chi connectivity index (χ4n) is 3.17. The van der Waals surface area contributed by atoms with Crippen LogP contribution in [0.15, 0.2) is 91.0 Å². The van der Waals surface area contributed by atoms with Crippen LogP contribution in [0, 0.1) is 0 Å². The topological polar surface area (TPSA) is 34.1 Å². The Balaban J connectivity index is 0.000000701. The maximum absolute atomic E-state index is 12.9. The minimum atomic E-state index is -2.64. The molecule has 130 valence electrons. The summed E-state index contributed by atoms with van der Waals surface area (Å²) in [7, 11) is -2.64. The molecule has 0 aliphatic rings. The van der Waals surface area contributed by atoms with Crippen molar-refractivity contribution in [1.82, 2.24) is 0 Å². The van der Waals surface area contributed by atoms with E-state index in [9.17, 15) is 4.79 Å². The zero-order valence-electron chi connectivity index (χ0n) is 13.9. The predicted molar refractivity (Wildman–Crippen MR) is 104 cm³/mol. The Morgan fingerprint density at radius 2 is 0.960 bits per heavy atom. The van der Waals surface area contributed by atoms with E-state index in [0.29, 0.717) is 4.88 Å². The third kappa shape index (κ3) is 4.18. The molecule has 0 N–H and O–H groups in total. The molecule has 4 heteroatoms. The zero-order valence-corrected chi connectivity index (χ0v) is 16.5. The number of hydrogen-bond acceptors (Lipinski definition) is 2. The van der Waals surface area contributed by atoms with Gasteiger partial charge >= 0.3 is 159 Å². The zero-order chi connectivity index (χ0) is 18.1. The minimum absolute atomic E-state index is 0.260. The molecule has 3 aromatic carbocycles. The van der Waals surface area contributed by atoms with Crippen LogP contribution >= 0.6 is 7.26 Å². The molecular weight excluding hydrogens is 418 g/mol. The molecule has 3 aromatic rings. The van der Waals surface area contributed by atoms with Crippen LogP contribution in [0.2, 0.25) is 0 Å². The Labute approximate surface area is 159 Å². The standard InChI is InChI=1S/C20H19OP.CHO.Rh/c1-17(21)22(18-11-5-2-6-12-18,19-13-7-3-8-14-19)20-15-9-4-10-16-20;1-2;/h2-16,22H,1H3;1H;. The summed E-state index contributed by atoms with van der Waals surface area (Å²) >= 11 is 2.04. The molecule has 2 nitrogen and oxygen atoms in total. The quantitative estimate of drug-likeness (QED) is 0.357. The van der Waals surface area contributed by atoms with Crippen LogP contribution in [0.1, 0.15) is 6.92 Å². The number of carbonyl (C=O) groups excluding carboxylic acids is 2. The van der Waals surface area contributed by atoms with Gasteiger partial charge in [0.2, 0.25) is 0 Å². The molecule has 0 saturated carbocycles. The Morgan fingerprint density at radius 3 is 1.16 bits per heavy atom. The molecule has 0 amide bonds. The van der Waals surface area contributed by atoms with E-state index in [1.165, 1.54) is 0 Å². The van der Waals surface area contributed by atoms with Crippen LogP contribution in [-0.4, -0.2) is 10.4 Å². The van der Waals surface area contributed by atoms with Crippen LogP contribution in [0.3, 0.4) is 0 Å². The van der Waals surface area contributed by atoms with E-state index in [1.807, 2.05) is 72.9 Å². The molecule has 0 radical (unpaired) electrons. The third-order valence-electron chi connectivity index (χ3n) is 4.15. The summed E-state index contributed by atoms with van der Waals surface area (Å²) in [5, 5.41) is 3.42. The summed E-state index contributed by atoms with van der Waals surface area (Å²) in [5.41, 5.74) is 0.260. The van der Waals surface area contributed by atoms with Crippen molar-refractivity contribution in [2.75, 3.05) is 0 Å². The molecule has 0 aromatic heterocycles. The van der Waals surface area contributed by atoms with Gasteiger partial charge in [0.1, 0.15) is 0 Å². The van der Waals surface area contributed by atoms with Crippen molar-refractivity contribution in [2.45, 2.75) is 6.92 Å². The van der Waals surface area contributed by atoms with Gasteiger partial charge in [0.25, 0.3) is 0 Å². The number of rotatable bonds is 4. The number of hydrogen-bond donors (Lipinski definition) is 0. The summed E-state index contributed by atoms with van der Waals surface area (Å²) < 4.78 is 0. The molecule has 0 heterocycles. The van der Waals surface area contributed by atoms with Gasteiger partial charge in [-0.05, 0) is 0 Å². The third-order valence-corrected chi connectivity index (χ3v) is 8.80. The van der Waals surface area contributed by atoms with Gasteiger partial charge in [-0.15, -0.1) is 0 Å². The van der Waals surface area contributed by atoms with Gasteiger partial charge in [-0.2, -0.15) is 0 Å². The molecule has 25 heavy (non-hydrogen) atoms. The average Bonchev–Trinajstić information content (AvgIpc) is 2.65. The van der Waals surface area contributed by atoms with E-state index in [2.05, 4.69) is 36.4 Å². The SMILES string of the molecule is CC(=O)[PH](c1ccccc1)(c1ccccc1)c1ccccc1.O=[CH][Rh]. The number of benzene rings is 3. The molecule has 0 spiro atoms. The van der Waals surface area contributed by atoms with E-state index in [-0.39, 0.29) is 5.52 Å².